The molecule has 1 spiro atoms. The van der Waals surface area contributed by atoms with Gasteiger partial charge in [0.25, 0.3) is 0 Å². The highest BCUT2D eigenvalue weighted by atomic mass is 16.7. The van der Waals surface area contributed by atoms with Crippen molar-refractivity contribution in [3.8, 4) is 11.5 Å². The van der Waals surface area contributed by atoms with Gasteiger partial charge in [-0.25, -0.2) is 4.79 Å². The van der Waals surface area contributed by atoms with Crippen LogP contribution in [0.1, 0.15) is 47.4 Å². The summed E-state index contributed by atoms with van der Waals surface area (Å²) in [6.07, 6.45) is 3.37. The lowest BCUT2D eigenvalue weighted by Crippen LogP contribution is -2.48. The fourth-order valence-corrected chi connectivity index (χ4v) is 6.71. The summed E-state index contributed by atoms with van der Waals surface area (Å²) < 4.78 is 28.3. The van der Waals surface area contributed by atoms with Crippen LogP contribution >= 0.6 is 0 Å². The van der Waals surface area contributed by atoms with Crippen LogP contribution in [0.5, 0.6) is 11.5 Å². The third-order valence-corrected chi connectivity index (χ3v) is 8.69. The minimum atomic E-state index is -2.24. The first-order valence-electron chi connectivity index (χ1n) is 13.3. The van der Waals surface area contributed by atoms with Crippen LogP contribution in [-0.4, -0.2) is 67.7 Å². The summed E-state index contributed by atoms with van der Waals surface area (Å²) in [4.78, 5) is 28.8. The van der Waals surface area contributed by atoms with Gasteiger partial charge in [0, 0.05) is 6.54 Å². The fraction of sp³-hybridized carbons (Fsp3) is 0.467. The number of carbonyl (C=O) groups is 2. The van der Waals surface area contributed by atoms with Crippen LogP contribution in [0.15, 0.2) is 48.2 Å². The van der Waals surface area contributed by atoms with Crippen molar-refractivity contribution >= 4 is 11.9 Å². The van der Waals surface area contributed by atoms with Gasteiger partial charge in [-0.1, -0.05) is 29.8 Å². The smallest absolute Gasteiger partial charge is 0.344 e. The number of rotatable bonds is 6. The summed E-state index contributed by atoms with van der Waals surface area (Å²) >= 11 is 0. The molecule has 1 saturated heterocycles. The Morgan fingerprint density at radius 1 is 1.13 bits per heavy atom. The Kier molecular flexibility index (Phi) is 6.31. The maximum Gasteiger partial charge on any atom is 0.344 e. The van der Waals surface area contributed by atoms with Gasteiger partial charge in [-0.2, -0.15) is 0 Å². The van der Waals surface area contributed by atoms with Crippen molar-refractivity contribution in [2.75, 3.05) is 34.1 Å². The number of nitrogens with zero attached hydrogens (tertiary/aromatic N) is 1. The Bertz CT molecular complexity index is 1340. The highest BCUT2D eigenvalue weighted by molar-refractivity contribution is 5.87. The zero-order valence-electron chi connectivity index (χ0n) is 22.4. The van der Waals surface area contributed by atoms with Crippen molar-refractivity contribution in [2.45, 2.75) is 55.8 Å². The van der Waals surface area contributed by atoms with E-state index < -0.39 is 35.6 Å². The second-order valence-electron chi connectivity index (χ2n) is 10.8. The number of hydrogen-bond acceptors (Lipinski definition) is 9. The van der Waals surface area contributed by atoms with Gasteiger partial charge >= 0.3 is 11.9 Å². The van der Waals surface area contributed by atoms with E-state index in [-0.39, 0.29) is 18.3 Å². The number of fused-ring (bicyclic) bond motifs is 3. The number of hydrogen-bond donors (Lipinski definition) is 1. The number of carbonyl (C=O) groups excluding carboxylic acids is 2. The maximum atomic E-state index is 13.9. The van der Waals surface area contributed by atoms with E-state index in [1.807, 2.05) is 19.1 Å². The van der Waals surface area contributed by atoms with E-state index in [0.29, 0.717) is 17.3 Å². The molecule has 2 unspecified atom stereocenters. The van der Waals surface area contributed by atoms with Gasteiger partial charge in [-0.15, -0.1) is 0 Å². The molecule has 0 radical (unpaired) electrons. The second kappa shape index (κ2) is 9.57. The quantitative estimate of drug-likeness (QED) is 0.559. The number of ether oxygens (including phenoxy) is 5. The first kappa shape index (κ1) is 25.7. The Morgan fingerprint density at radius 3 is 2.59 bits per heavy atom. The van der Waals surface area contributed by atoms with E-state index in [9.17, 15) is 14.7 Å². The van der Waals surface area contributed by atoms with Crippen LogP contribution in [0.2, 0.25) is 0 Å². The fourth-order valence-electron chi connectivity index (χ4n) is 6.71. The van der Waals surface area contributed by atoms with E-state index in [2.05, 4.69) is 11.0 Å². The molecule has 9 heteroatoms. The summed E-state index contributed by atoms with van der Waals surface area (Å²) in [5.74, 6) is -0.0644. The molecule has 1 aliphatic carbocycles. The number of aryl methyl sites for hydroxylation is 1. The van der Waals surface area contributed by atoms with Gasteiger partial charge in [0.1, 0.15) is 5.76 Å². The van der Waals surface area contributed by atoms with Crippen LogP contribution in [0, 0.1) is 6.92 Å². The van der Waals surface area contributed by atoms with E-state index >= 15 is 0 Å². The minimum absolute atomic E-state index is 0.164. The van der Waals surface area contributed by atoms with E-state index in [1.165, 1.54) is 7.11 Å². The second-order valence-corrected chi connectivity index (χ2v) is 10.8. The van der Waals surface area contributed by atoms with E-state index in [4.69, 9.17) is 23.7 Å². The lowest BCUT2D eigenvalue weighted by atomic mass is 9.77. The molecule has 0 aromatic heterocycles. The van der Waals surface area contributed by atoms with Gasteiger partial charge in [0.15, 0.2) is 23.2 Å². The molecule has 9 nitrogen and oxygen atoms in total. The standard InChI is InChI=1S/C30H33NO8/c1-18-5-7-20(8-6-18)30(34,16-25(32)36-3)28(33)39-27-24(35-2)15-29-10-4-11-31(29)12-9-19-13-22-23(38-17-37-22)14-21(19)26(27)29/h5-8,13-15,26-27,34H,4,9-12,16-17H2,1-3H3/t26?,27?,29-,30-/m0/s1. The minimum Gasteiger partial charge on any atom is -0.497 e. The van der Waals surface area contributed by atoms with Gasteiger partial charge < -0.3 is 28.8 Å². The number of methoxy groups -OCH3 is 2. The summed E-state index contributed by atoms with van der Waals surface area (Å²) in [5.41, 5.74) is 0.660. The third kappa shape index (κ3) is 4.06. The molecule has 2 aromatic rings. The van der Waals surface area contributed by atoms with Crippen LogP contribution in [0.4, 0.5) is 0 Å². The van der Waals surface area contributed by atoms with Crippen molar-refractivity contribution in [3.63, 3.8) is 0 Å². The largest absolute Gasteiger partial charge is 0.497 e. The van der Waals surface area contributed by atoms with Crippen molar-refractivity contribution in [1.82, 2.24) is 4.90 Å². The Hall–Kier alpha value is -3.56. The van der Waals surface area contributed by atoms with E-state index in [0.717, 1.165) is 49.0 Å². The van der Waals surface area contributed by atoms with Crippen molar-refractivity contribution in [3.05, 3.63) is 70.5 Å². The van der Waals surface area contributed by atoms with Crippen LogP contribution in [0.3, 0.4) is 0 Å². The lowest BCUT2D eigenvalue weighted by molar-refractivity contribution is -0.179. The SMILES string of the molecule is COC(=O)C[C@@](O)(C(=O)OC1C(OC)=C[C@]23CCCN2CCc2cc4c(cc2C13)OCO4)c1ccc(C)cc1. The monoisotopic (exact) mass is 535 g/mol. The predicted octanol–water partition coefficient (Wildman–Crippen LogP) is 3.10. The van der Waals surface area contributed by atoms with Crippen LogP contribution in [0.25, 0.3) is 0 Å². The topological polar surface area (TPSA) is 104 Å². The zero-order valence-corrected chi connectivity index (χ0v) is 22.4. The highest BCUT2D eigenvalue weighted by Crippen LogP contribution is 2.55. The number of aliphatic hydroxyl groups is 1. The summed E-state index contributed by atoms with van der Waals surface area (Å²) in [6, 6.07) is 10.8. The normalized spacial score (nSPS) is 26.4. The molecule has 2 aromatic carbocycles. The molecule has 0 saturated carbocycles. The first-order chi connectivity index (χ1) is 18.8. The van der Waals surface area contributed by atoms with Gasteiger partial charge in [0.2, 0.25) is 6.79 Å². The van der Waals surface area contributed by atoms with Crippen LogP contribution < -0.4 is 9.47 Å². The zero-order chi connectivity index (χ0) is 27.4. The molecule has 1 N–H and O–H groups in total. The Balaban J connectivity index is 1.43. The molecular weight excluding hydrogens is 502 g/mol. The van der Waals surface area contributed by atoms with Gasteiger partial charge in [-0.3, -0.25) is 9.69 Å². The molecule has 0 amide bonds. The molecule has 3 aliphatic heterocycles. The average molecular weight is 536 g/mol. The Labute approximate surface area is 227 Å². The summed E-state index contributed by atoms with van der Waals surface area (Å²) in [7, 11) is 2.78. The molecule has 0 bridgehead atoms. The molecule has 4 aliphatic rings. The highest BCUT2D eigenvalue weighted by Gasteiger charge is 2.59. The summed E-state index contributed by atoms with van der Waals surface area (Å²) in [6.45, 7) is 3.82. The van der Waals surface area contributed by atoms with E-state index in [1.54, 1.807) is 31.4 Å². The third-order valence-electron chi connectivity index (χ3n) is 8.69. The van der Waals surface area contributed by atoms with Crippen LogP contribution in [-0.2, 0) is 35.8 Å². The van der Waals surface area contributed by atoms with Crippen molar-refractivity contribution in [1.29, 1.82) is 0 Å². The average Bonchev–Trinajstić information content (AvgIpc) is 3.62. The molecule has 206 valence electrons. The van der Waals surface area contributed by atoms with Gasteiger partial charge in [-0.05, 0) is 67.6 Å². The molecule has 39 heavy (non-hydrogen) atoms. The maximum absolute atomic E-state index is 13.9. The Morgan fingerprint density at radius 2 is 1.87 bits per heavy atom. The summed E-state index contributed by atoms with van der Waals surface area (Å²) in [5, 5.41) is 11.7. The first-order valence-corrected chi connectivity index (χ1v) is 13.3. The van der Waals surface area contributed by atoms with Gasteiger partial charge in [0.05, 0.1) is 32.1 Å². The number of benzene rings is 2. The molecule has 1 fully saturated rings. The number of esters is 2. The molecule has 6 rings (SSSR count). The molecule has 4 atom stereocenters. The predicted molar refractivity (Wildman–Crippen MR) is 139 cm³/mol. The van der Waals surface area contributed by atoms with Crippen molar-refractivity contribution < 1.29 is 38.4 Å². The molecular formula is C30H33NO8. The lowest BCUT2D eigenvalue weighted by Gasteiger charge is -2.39. The van der Waals surface area contributed by atoms with Crippen molar-refractivity contribution in [2.24, 2.45) is 0 Å². The molecule has 3 heterocycles.